The Morgan fingerprint density at radius 3 is 3.00 bits per heavy atom. The molecule has 1 saturated carbocycles. The minimum Gasteiger partial charge on any atom is -0.370 e. The van der Waals surface area contributed by atoms with E-state index in [1.165, 1.54) is 12.8 Å². The van der Waals surface area contributed by atoms with Crippen LogP contribution in [-0.4, -0.2) is 29.4 Å². The quantitative estimate of drug-likeness (QED) is 0.685. The van der Waals surface area contributed by atoms with Crippen LogP contribution in [0.1, 0.15) is 32.1 Å². The number of rotatable bonds is 6. The van der Waals surface area contributed by atoms with E-state index < -0.39 is 0 Å². The summed E-state index contributed by atoms with van der Waals surface area (Å²) in [6.07, 6.45) is 5.12. The van der Waals surface area contributed by atoms with Gasteiger partial charge in [-0.05, 0) is 31.6 Å². The van der Waals surface area contributed by atoms with Crippen LogP contribution in [0.4, 0.5) is 0 Å². The van der Waals surface area contributed by atoms with Crippen LogP contribution in [0.25, 0.3) is 0 Å². The van der Waals surface area contributed by atoms with E-state index in [1.54, 1.807) is 0 Å². The number of thioether (sulfide) groups is 1. The van der Waals surface area contributed by atoms with E-state index in [0.717, 1.165) is 42.3 Å². The zero-order valence-corrected chi connectivity index (χ0v) is 10.3. The monoisotopic (exact) mass is 241 g/mol. The molecule has 0 bridgehead atoms. The molecule has 1 fully saturated rings. The number of nitrogens with zero attached hydrogens (tertiary/aromatic N) is 1. The lowest BCUT2D eigenvalue weighted by Gasteiger charge is -2.07. The van der Waals surface area contributed by atoms with Gasteiger partial charge >= 0.3 is 0 Å². The Morgan fingerprint density at radius 1 is 1.50 bits per heavy atom. The fourth-order valence-electron chi connectivity index (χ4n) is 1.82. The van der Waals surface area contributed by atoms with Crippen LogP contribution in [0.5, 0.6) is 0 Å². The summed E-state index contributed by atoms with van der Waals surface area (Å²) in [5.74, 6) is 0.712. The molecule has 1 aliphatic heterocycles. The van der Waals surface area contributed by atoms with Gasteiger partial charge in [-0.25, -0.2) is 0 Å². The van der Waals surface area contributed by atoms with Crippen LogP contribution in [0.15, 0.2) is 4.99 Å². The number of carbonyl (C=O) groups is 1. The van der Waals surface area contributed by atoms with E-state index in [9.17, 15) is 4.79 Å². The van der Waals surface area contributed by atoms with Gasteiger partial charge in [0.05, 0.1) is 6.54 Å². The first-order chi connectivity index (χ1) is 7.75. The van der Waals surface area contributed by atoms with E-state index in [2.05, 4.69) is 10.3 Å². The van der Waals surface area contributed by atoms with Crippen molar-refractivity contribution in [1.29, 1.82) is 0 Å². The molecule has 0 radical (unpaired) electrons. The molecule has 0 spiro atoms. The second-order valence-corrected chi connectivity index (χ2v) is 5.72. The summed E-state index contributed by atoms with van der Waals surface area (Å²) in [7, 11) is 0. The number of nitrogens with two attached hydrogens (primary N) is 1. The predicted molar refractivity (Wildman–Crippen MR) is 67.5 cm³/mol. The number of amides is 1. The van der Waals surface area contributed by atoms with Crippen LogP contribution in [0.2, 0.25) is 0 Å². The van der Waals surface area contributed by atoms with Crippen LogP contribution >= 0.6 is 11.8 Å². The van der Waals surface area contributed by atoms with Gasteiger partial charge in [0.15, 0.2) is 5.17 Å². The molecule has 4 nitrogen and oxygen atoms in total. The molecule has 1 atom stereocenters. The zero-order valence-electron chi connectivity index (χ0n) is 9.45. The van der Waals surface area contributed by atoms with E-state index in [0.29, 0.717) is 6.42 Å². The van der Waals surface area contributed by atoms with Gasteiger partial charge in [-0.3, -0.25) is 9.79 Å². The molecule has 3 N–H and O–H groups in total. The van der Waals surface area contributed by atoms with Gasteiger partial charge < -0.3 is 11.1 Å². The number of unbranched alkanes of at least 4 members (excludes halogenated alkanes) is 1. The molecule has 2 aliphatic rings. The van der Waals surface area contributed by atoms with Gasteiger partial charge in [0.2, 0.25) is 5.91 Å². The summed E-state index contributed by atoms with van der Waals surface area (Å²) in [6, 6.07) is 0. The van der Waals surface area contributed by atoms with Gasteiger partial charge in [0.25, 0.3) is 0 Å². The van der Waals surface area contributed by atoms with Crippen molar-refractivity contribution < 1.29 is 4.79 Å². The van der Waals surface area contributed by atoms with Crippen molar-refractivity contribution in [3.8, 4) is 0 Å². The first kappa shape index (κ1) is 11.8. The van der Waals surface area contributed by atoms with Crippen LogP contribution in [0, 0.1) is 5.92 Å². The third-order valence-electron chi connectivity index (χ3n) is 2.95. The topological polar surface area (TPSA) is 67.5 Å². The van der Waals surface area contributed by atoms with Gasteiger partial charge in [-0.1, -0.05) is 11.8 Å². The molecule has 0 aromatic carbocycles. The largest absolute Gasteiger partial charge is 0.370 e. The molecule has 0 aromatic heterocycles. The lowest BCUT2D eigenvalue weighted by Crippen LogP contribution is -2.21. The van der Waals surface area contributed by atoms with Crippen LogP contribution in [-0.2, 0) is 4.79 Å². The molecular weight excluding hydrogens is 222 g/mol. The average Bonchev–Trinajstić information content (AvgIpc) is 2.99. The normalized spacial score (nSPS) is 24.2. The Bertz CT molecular complexity index is 289. The molecule has 0 saturated heterocycles. The maximum atomic E-state index is 10.5. The van der Waals surface area contributed by atoms with Gasteiger partial charge in [-0.2, -0.15) is 0 Å². The molecule has 1 aliphatic carbocycles. The van der Waals surface area contributed by atoms with Gasteiger partial charge in [0, 0.05) is 18.2 Å². The second-order valence-electron chi connectivity index (χ2n) is 4.49. The minimum absolute atomic E-state index is 0.207. The summed E-state index contributed by atoms with van der Waals surface area (Å²) in [5.41, 5.74) is 5.07. The fraction of sp³-hybridized carbons (Fsp3) is 0.818. The van der Waals surface area contributed by atoms with Gasteiger partial charge in [0.1, 0.15) is 0 Å². The molecule has 90 valence electrons. The lowest BCUT2D eigenvalue weighted by atomic mass is 10.2. The number of primary amides is 1. The molecule has 1 unspecified atom stereocenters. The number of hydrogen-bond donors (Lipinski definition) is 2. The van der Waals surface area contributed by atoms with Crippen molar-refractivity contribution in [2.75, 3.05) is 13.1 Å². The van der Waals surface area contributed by atoms with E-state index >= 15 is 0 Å². The third-order valence-corrected chi connectivity index (χ3v) is 4.29. The Morgan fingerprint density at radius 2 is 2.31 bits per heavy atom. The maximum absolute atomic E-state index is 10.5. The Labute approximate surface area is 100 Å². The first-order valence-electron chi connectivity index (χ1n) is 5.99. The van der Waals surface area contributed by atoms with Crippen molar-refractivity contribution in [2.24, 2.45) is 16.6 Å². The van der Waals surface area contributed by atoms with Crippen LogP contribution in [0.3, 0.4) is 0 Å². The summed E-state index contributed by atoms with van der Waals surface area (Å²) in [6.45, 7) is 1.88. The Hall–Kier alpha value is -0.710. The molecule has 2 rings (SSSR count). The highest BCUT2D eigenvalue weighted by Crippen LogP contribution is 2.41. The van der Waals surface area contributed by atoms with Crippen molar-refractivity contribution in [3.63, 3.8) is 0 Å². The highest BCUT2D eigenvalue weighted by Gasteiger charge is 2.35. The maximum Gasteiger partial charge on any atom is 0.217 e. The summed E-state index contributed by atoms with van der Waals surface area (Å²) < 4.78 is 0. The molecule has 5 heteroatoms. The zero-order chi connectivity index (χ0) is 11.4. The van der Waals surface area contributed by atoms with Gasteiger partial charge in [-0.15, -0.1) is 0 Å². The molecule has 16 heavy (non-hydrogen) atoms. The highest BCUT2D eigenvalue weighted by atomic mass is 32.2. The first-order valence-corrected chi connectivity index (χ1v) is 6.87. The predicted octanol–water partition coefficient (Wildman–Crippen LogP) is 1.11. The number of hydrogen-bond acceptors (Lipinski definition) is 4. The molecule has 1 heterocycles. The lowest BCUT2D eigenvalue weighted by molar-refractivity contribution is -0.118. The molecular formula is C11H19N3OS. The Kier molecular flexibility index (Phi) is 4.09. The third kappa shape index (κ3) is 3.70. The fourth-order valence-corrected chi connectivity index (χ4v) is 3.06. The standard InChI is InChI=1S/C11H19N3OS/c12-10(15)3-1-2-6-13-11-14-7-9(16-11)8-4-5-8/h8-9H,1-7H2,(H2,12,15)(H,13,14). The number of amidine groups is 1. The van der Waals surface area contributed by atoms with Crippen LogP contribution < -0.4 is 11.1 Å². The van der Waals surface area contributed by atoms with Crippen molar-refractivity contribution in [2.45, 2.75) is 37.4 Å². The smallest absolute Gasteiger partial charge is 0.217 e. The SMILES string of the molecule is NC(=O)CCCCNC1=NCC(C2CC2)S1. The Balaban J connectivity index is 1.52. The van der Waals surface area contributed by atoms with Crippen molar-refractivity contribution in [3.05, 3.63) is 0 Å². The highest BCUT2D eigenvalue weighted by molar-refractivity contribution is 8.14. The summed E-state index contributed by atoms with van der Waals surface area (Å²) in [4.78, 5) is 15.0. The molecule has 1 amide bonds. The van der Waals surface area contributed by atoms with E-state index in [1.807, 2.05) is 11.8 Å². The number of carbonyl (C=O) groups excluding carboxylic acids is 1. The average molecular weight is 241 g/mol. The second kappa shape index (κ2) is 5.57. The number of aliphatic imine (C=N–C) groups is 1. The summed E-state index contributed by atoms with van der Waals surface area (Å²) >= 11 is 1.89. The van der Waals surface area contributed by atoms with E-state index in [-0.39, 0.29) is 5.91 Å². The number of nitrogens with one attached hydrogen (secondary N) is 1. The minimum atomic E-state index is -0.207. The summed E-state index contributed by atoms with van der Waals surface area (Å²) in [5, 5.41) is 5.15. The van der Waals surface area contributed by atoms with Crippen molar-refractivity contribution >= 4 is 22.8 Å². The molecule has 0 aromatic rings. The van der Waals surface area contributed by atoms with E-state index in [4.69, 9.17) is 5.73 Å². The van der Waals surface area contributed by atoms with Crippen molar-refractivity contribution in [1.82, 2.24) is 5.32 Å².